The molecular formula is C31H29ClF5N5O8S3. The Balaban J connectivity index is 2.18. The summed E-state index contributed by atoms with van der Waals surface area (Å²) in [5.41, 5.74) is 3.75. The molecule has 53 heavy (non-hydrogen) atoms. The average Bonchev–Trinajstić information content (AvgIpc) is 3.30. The number of anilines is 1. The number of hydrogen-bond donors (Lipinski definition) is 1. The first-order chi connectivity index (χ1) is 24.1. The molecule has 4 aromatic rings. The van der Waals surface area contributed by atoms with E-state index in [9.17, 15) is 52.0 Å². The Kier molecular flexibility index (Phi) is 11.2. The van der Waals surface area contributed by atoms with E-state index >= 15 is 0 Å². The number of benzene rings is 2. The molecule has 0 aliphatic rings. The number of pyridine rings is 1. The second kappa shape index (κ2) is 14.4. The molecule has 2 heterocycles. The van der Waals surface area contributed by atoms with Crippen LogP contribution in [0.2, 0.25) is 5.02 Å². The van der Waals surface area contributed by atoms with Crippen LogP contribution in [0.4, 0.5) is 32.6 Å². The van der Waals surface area contributed by atoms with Crippen molar-refractivity contribution in [1.29, 1.82) is 0 Å². The molecule has 1 unspecified atom stereocenters. The van der Waals surface area contributed by atoms with Crippen LogP contribution in [-0.2, 0) is 47.6 Å². The van der Waals surface area contributed by atoms with Gasteiger partial charge in [-0.05, 0) is 55.7 Å². The maximum absolute atomic E-state index is 14.2. The van der Waals surface area contributed by atoms with E-state index in [1.807, 2.05) is 0 Å². The number of fused-ring (bicyclic) bond motifs is 1. The van der Waals surface area contributed by atoms with Gasteiger partial charge < -0.3 is 10.5 Å². The summed E-state index contributed by atoms with van der Waals surface area (Å²) in [7, 11) is -13.3. The number of nitrogens with zero attached hydrogens (tertiary/aromatic N) is 4. The molecule has 2 aromatic carbocycles. The third kappa shape index (κ3) is 9.54. The number of sulfone groups is 1. The van der Waals surface area contributed by atoms with Crippen molar-refractivity contribution in [2.75, 3.05) is 22.5 Å². The van der Waals surface area contributed by atoms with Crippen molar-refractivity contribution in [1.82, 2.24) is 14.8 Å². The minimum absolute atomic E-state index is 0.0983. The van der Waals surface area contributed by atoms with E-state index in [0.29, 0.717) is 18.6 Å². The summed E-state index contributed by atoms with van der Waals surface area (Å²) in [6.07, 6.45) is -6.75. The van der Waals surface area contributed by atoms with Crippen molar-refractivity contribution in [3.8, 4) is 23.0 Å². The Morgan fingerprint density at radius 1 is 0.962 bits per heavy atom. The van der Waals surface area contributed by atoms with E-state index in [2.05, 4.69) is 21.9 Å². The number of carbonyl (C=O) groups excluding carboxylic acids is 1. The van der Waals surface area contributed by atoms with Crippen LogP contribution in [0, 0.1) is 23.5 Å². The number of ether oxygens (including phenoxy) is 1. The number of halogens is 6. The highest BCUT2D eigenvalue weighted by atomic mass is 35.5. The normalized spacial score (nSPS) is 13.3. The first-order valence-electron chi connectivity index (χ1n) is 14.7. The molecule has 1 amide bonds. The number of aromatic nitrogens is 3. The zero-order chi connectivity index (χ0) is 40.1. The summed E-state index contributed by atoms with van der Waals surface area (Å²) in [6.45, 7) is 0.722. The Bertz CT molecular complexity index is 2480. The molecule has 2 N–H and O–H groups in total. The van der Waals surface area contributed by atoms with Gasteiger partial charge in [-0.25, -0.2) is 43.8 Å². The third-order valence-electron chi connectivity index (χ3n) is 7.47. The second-order valence-electron chi connectivity index (χ2n) is 12.2. The number of rotatable bonds is 10. The number of hydrogen-bond acceptors (Lipinski definition) is 10. The van der Waals surface area contributed by atoms with Crippen LogP contribution in [0.1, 0.15) is 36.9 Å². The number of sulfonamides is 2. The van der Waals surface area contributed by atoms with Gasteiger partial charge in [0.05, 0.1) is 34.1 Å². The lowest BCUT2D eigenvalue weighted by Gasteiger charge is -2.21. The van der Waals surface area contributed by atoms with Crippen molar-refractivity contribution in [3.05, 3.63) is 76.1 Å². The molecular weight excluding hydrogens is 797 g/mol. The van der Waals surface area contributed by atoms with Crippen LogP contribution in [0.3, 0.4) is 0 Å². The Hall–Kier alpha value is -4.52. The average molecular weight is 826 g/mol. The molecule has 0 saturated carbocycles. The molecule has 0 fully saturated rings. The zero-order valence-corrected chi connectivity index (χ0v) is 31.4. The van der Waals surface area contributed by atoms with Gasteiger partial charge in [0, 0.05) is 29.9 Å². The Labute approximate surface area is 305 Å². The maximum Gasteiger partial charge on any atom is 0.408 e. The van der Waals surface area contributed by atoms with Gasteiger partial charge in [-0.3, -0.25) is 4.68 Å². The van der Waals surface area contributed by atoms with Gasteiger partial charge >= 0.3 is 12.3 Å². The molecule has 0 aliphatic heterocycles. The number of alkyl halides is 3. The number of carbonyl (C=O) groups is 1. The van der Waals surface area contributed by atoms with Crippen molar-refractivity contribution in [3.63, 3.8) is 0 Å². The highest BCUT2D eigenvalue weighted by molar-refractivity contribution is 8.09. The summed E-state index contributed by atoms with van der Waals surface area (Å²) < 4.78 is 150. The fraction of sp³-hybridized carbons (Fsp3) is 0.323. The minimum atomic E-state index is -5.02. The predicted octanol–water partition coefficient (Wildman–Crippen LogP) is 4.87. The molecule has 0 radical (unpaired) electrons. The molecule has 286 valence electrons. The van der Waals surface area contributed by atoms with E-state index in [1.54, 1.807) is 0 Å². The smallest absolute Gasteiger partial charge is 0.408 e. The summed E-state index contributed by atoms with van der Waals surface area (Å²) in [6, 6.07) is 7.07. The number of nitrogens with two attached hydrogens (primary N) is 1. The first kappa shape index (κ1) is 41.2. The lowest BCUT2D eigenvalue weighted by molar-refractivity contribution is -0.141. The molecule has 2 aromatic heterocycles. The molecule has 0 aliphatic carbocycles. The second-order valence-corrected chi connectivity index (χ2v) is 19.1. The lowest BCUT2D eigenvalue weighted by Crippen LogP contribution is -2.36. The standard InChI is InChI=1S/C31H29ClF5N5O8S3/c1-30(2,51(3,44)45)11-10-20-6-7-21(26(39-20)24(50-29(38)43)14-17-12-18(33)15-19(34)13-17)22-8-9-23(32)25-27(22)41(16-31(35,36)37)40-28(25)42(52(4,46)47)53(5,48)49/h6-9,12-13,15,24H,14,16H2,1-5H3,(H2,38,43). The van der Waals surface area contributed by atoms with Crippen molar-refractivity contribution >= 4 is 64.3 Å². The van der Waals surface area contributed by atoms with Gasteiger partial charge in [0.15, 0.2) is 21.8 Å². The number of amides is 1. The van der Waals surface area contributed by atoms with E-state index in [4.69, 9.17) is 22.1 Å². The number of primary amides is 1. The largest absolute Gasteiger partial charge is 0.439 e. The van der Waals surface area contributed by atoms with Crippen LogP contribution in [-0.4, -0.2) is 75.8 Å². The van der Waals surface area contributed by atoms with Crippen LogP contribution in [0.25, 0.3) is 22.0 Å². The zero-order valence-electron chi connectivity index (χ0n) is 28.2. The Morgan fingerprint density at radius 3 is 2.04 bits per heavy atom. The van der Waals surface area contributed by atoms with E-state index in [-0.39, 0.29) is 36.5 Å². The van der Waals surface area contributed by atoms with Gasteiger partial charge in [-0.1, -0.05) is 23.6 Å². The van der Waals surface area contributed by atoms with E-state index < -0.39 is 99.3 Å². The third-order valence-corrected chi connectivity index (χ3v) is 12.9. The van der Waals surface area contributed by atoms with E-state index in [0.717, 1.165) is 30.5 Å². The fourth-order valence-corrected chi connectivity index (χ4v) is 8.38. The molecule has 13 nitrogen and oxygen atoms in total. The summed E-state index contributed by atoms with van der Waals surface area (Å²) in [5.74, 6) is 2.11. The van der Waals surface area contributed by atoms with Crippen LogP contribution >= 0.6 is 11.6 Å². The molecule has 0 spiro atoms. The minimum Gasteiger partial charge on any atom is -0.439 e. The predicted molar refractivity (Wildman–Crippen MR) is 185 cm³/mol. The van der Waals surface area contributed by atoms with Crippen LogP contribution in [0.15, 0.2) is 42.5 Å². The highest BCUT2D eigenvalue weighted by Gasteiger charge is 2.37. The summed E-state index contributed by atoms with van der Waals surface area (Å²) in [5, 5.41) is 2.77. The lowest BCUT2D eigenvalue weighted by atomic mass is 9.95. The Morgan fingerprint density at radius 2 is 1.53 bits per heavy atom. The SMILES string of the molecule is CC(C)(C#Cc1ccc(-c2ccc(Cl)c3c(N(S(C)(=O)=O)S(C)(=O)=O)nn(CC(F)(F)F)c23)c(C(Cc2cc(F)cc(F)c2)OC(N)=O)n1)S(C)(=O)=O. The highest BCUT2D eigenvalue weighted by Crippen LogP contribution is 2.43. The first-order valence-corrected chi connectivity index (χ1v) is 20.7. The molecule has 4 rings (SSSR count). The van der Waals surface area contributed by atoms with Gasteiger partial charge in [0.1, 0.15) is 28.6 Å². The topological polar surface area (TPSA) is 189 Å². The monoisotopic (exact) mass is 825 g/mol. The van der Waals surface area contributed by atoms with Gasteiger partial charge in [-0.2, -0.15) is 18.3 Å². The molecule has 0 saturated heterocycles. The van der Waals surface area contributed by atoms with Gasteiger partial charge in [0.25, 0.3) is 0 Å². The van der Waals surface area contributed by atoms with Gasteiger partial charge in [-0.15, -0.1) is 3.71 Å². The fourth-order valence-electron chi connectivity index (χ4n) is 5.05. The summed E-state index contributed by atoms with van der Waals surface area (Å²) >= 11 is 6.41. The van der Waals surface area contributed by atoms with Gasteiger partial charge in [0.2, 0.25) is 20.0 Å². The van der Waals surface area contributed by atoms with Crippen LogP contribution in [0.5, 0.6) is 0 Å². The van der Waals surface area contributed by atoms with Crippen LogP contribution < -0.4 is 9.44 Å². The maximum atomic E-state index is 14.2. The van der Waals surface area contributed by atoms with Crippen molar-refractivity contribution in [2.45, 2.75) is 43.8 Å². The summed E-state index contributed by atoms with van der Waals surface area (Å²) in [4.78, 5) is 16.6. The van der Waals surface area contributed by atoms with E-state index in [1.165, 1.54) is 26.0 Å². The quantitative estimate of drug-likeness (QED) is 0.171. The molecule has 0 bridgehead atoms. The van der Waals surface area contributed by atoms with Crippen molar-refractivity contribution in [2.24, 2.45) is 5.73 Å². The molecule has 1 atom stereocenters. The van der Waals surface area contributed by atoms with Crippen molar-refractivity contribution < 1.29 is 56.7 Å². The molecule has 22 heteroatoms.